The minimum atomic E-state index is -1.03. The molecule has 0 saturated carbocycles. The number of H-pyrrole nitrogens is 1. The first-order valence-corrected chi connectivity index (χ1v) is 8.33. The van der Waals surface area contributed by atoms with Crippen LogP contribution in [0.15, 0.2) is 23.0 Å². The van der Waals surface area contributed by atoms with Gasteiger partial charge >= 0.3 is 5.97 Å². The molecule has 6 heteroatoms. The number of hydrogen-bond acceptors (Lipinski definition) is 4. The van der Waals surface area contributed by atoms with Crippen LogP contribution in [-0.2, 0) is 6.54 Å². The molecule has 1 fully saturated rings. The monoisotopic (exact) mass is 329 g/mol. The van der Waals surface area contributed by atoms with E-state index in [-0.39, 0.29) is 11.0 Å². The summed E-state index contributed by atoms with van der Waals surface area (Å²) in [6, 6.07) is 4.84. The van der Waals surface area contributed by atoms with E-state index in [1.54, 1.807) is 12.1 Å². The second-order valence-electron chi connectivity index (χ2n) is 6.30. The first kappa shape index (κ1) is 16.7. The Hall–Kier alpha value is -2.18. The van der Waals surface area contributed by atoms with Crippen molar-refractivity contribution in [3.05, 3.63) is 45.2 Å². The van der Waals surface area contributed by atoms with Crippen LogP contribution < -0.4 is 5.43 Å². The van der Waals surface area contributed by atoms with Crippen LogP contribution in [0.1, 0.15) is 28.5 Å². The fourth-order valence-electron chi connectivity index (χ4n) is 3.33. The minimum Gasteiger partial charge on any atom is -0.478 e. The average Bonchev–Trinajstić information content (AvgIpc) is 2.58. The molecule has 1 aromatic heterocycles. The number of benzene rings is 1. The number of aromatic nitrogens is 1. The molecule has 0 radical (unpaired) electrons. The van der Waals surface area contributed by atoms with E-state index in [9.17, 15) is 14.7 Å². The van der Waals surface area contributed by atoms with Crippen molar-refractivity contribution < 1.29 is 9.90 Å². The Bertz CT molecular complexity index is 820. The van der Waals surface area contributed by atoms with E-state index in [0.717, 1.165) is 44.0 Å². The number of carboxylic acid groups (broad SMARTS) is 1. The van der Waals surface area contributed by atoms with E-state index < -0.39 is 5.97 Å². The van der Waals surface area contributed by atoms with Crippen LogP contribution in [0.3, 0.4) is 0 Å². The number of aryl methyl sites for hydroxylation is 1. The third kappa shape index (κ3) is 3.07. The van der Waals surface area contributed by atoms with Crippen molar-refractivity contribution in [1.29, 1.82) is 0 Å². The summed E-state index contributed by atoms with van der Waals surface area (Å²) in [5.74, 6) is -1.03. The van der Waals surface area contributed by atoms with Gasteiger partial charge in [0.25, 0.3) is 0 Å². The Morgan fingerprint density at radius 3 is 2.50 bits per heavy atom. The van der Waals surface area contributed by atoms with Gasteiger partial charge in [-0.1, -0.05) is 13.0 Å². The Balaban J connectivity index is 1.95. The maximum Gasteiger partial charge on any atom is 0.337 e. The minimum absolute atomic E-state index is 0.0673. The van der Waals surface area contributed by atoms with Crippen molar-refractivity contribution >= 4 is 16.9 Å². The summed E-state index contributed by atoms with van der Waals surface area (Å²) in [7, 11) is 0. The van der Waals surface area contributed by atoms with Gasteiger partial charge in [0, 0.05) is 49.4 Å². The van der Waals surface area contributed by atoms with Gasteiger partial charge in [-0.05, 0) is 25.6 Å². The van der Waals surface area contributed by atoms with Gasteiger partial charge in [0.15, 0.2) is 5.43 Å². The summed E-state index contributed by atoms with van der Waals surface area (Å²) >= 11 is 0. The quantitative estimate of drug-likeness (QED) is 0.892. The number of fused-ring (bicyclic) bond motifs is 1. The number of aromatic carboxylic acids is 1. The second kappa shape index (κ2) is 6.75. The molecule has 24 heavy (non-hydrogen) atoms. The molecule has 2 heterocycles. The molecule has 1 aromatic carbocycles. The molecule has 1 saturated heterocycles. The Morgan fingerprint density at radius 1 is 1.21 bits per heavy atom. The lowest BCUT2D eigenvalue weighted by Gasteiger charge is -2.34. The van der Waals surface area contributed by atoms with E-state index in [1.165, 1.54) is 6.07 Å². The summed E-state index contributed by atoms with van der Waals surface area (Å²) in [5.41, 5.74) is 1.96. The topological polar surface area (TPSA) is 76.6 Å². The SMILES string of the molecule is CCN1CCN(Cc2c(C)[nH]c3c(C(=O)O)cccc3c2=O)CC1. The average molecular weight is 329 g/mol. The number of aromatic amines is 1. The number of nitrogens with one attached hydrogen (secondary N) is 1. The number of rotatable bonds is 4. The molecule has 0 atom stereocenters. The normalized spacial score (nSPS) is 16.6. The predicted molar refractivity (Wildman–Crippen MR) is 93.7 cm³/mol. The smallest absolute Gasteiger partial charge is 0.337 e. The molecule has 2 aromatic rings. The van der Waals surface area contributed by atoms with E-state index in [2.05, 4.69) is 21.7 Å². The van der Waals surface area contributed by atoms with Crippen molar-refractivity contribution in [3.8, 4) is 0 Å². The molecule has 128 valence electrons. The zero-order valence-corrected chi connectivity index (χ0v) is 14.1. The molecule has 1 aliphatic heterocycles. The highest BCUT2D eigenvalue weighted by Gasteiger charge is 2.20. The van der Waals surface area contributed by atoms with Crippen LogP contribution >= 0.6 is 0 Å². The summed E-state index contributed by atoms with van der Waals surface area (Å²) in [4.78, 5) is 32.1. The number of carboxylic acids is 1. The highest BCUT2D eigenvalue weighted by Crippen LogP contribution is 2.17. The summed E-state index contributed by atoms with van der Waals surface area (Å²) in [5, 5.41) is 9.76. The zero-order chi connectivity index (χ0) is 17.3. The lowest BCUT2D eigenvalue weighted by Crippen LogP contribution is -2.46. The molecule has 3 rings (SSSR count). The Labute approximate surface area is 140 Å². The van der Waals surface area contributed by atoms with Crippen molar-refractivity contribution in [2.45, 2.75) is 20.4 Å². The molecule has 0 bridgehead atoms. The number of carbonyl (C=O) groups is 1. The number of para-hydroxylation sites is 1. The molecule has 0 aliphatic carbocycles. The molecule has 6 nitrogen and oxygen atoms in total. The van der Waals surface area contributed by atoms with Gasteiger partial charge in [-0.2, -0.15) is 0 Å². The van der Waals surface area contributed by atoms with E-state index in [0.29, 0.717) is 17.4 Å². The van der Waals surface area contributed by atoms with Gasteiger partial charge in [-0.15, -0.1) is 0 Å². The lowest BCUT2D eigenvalue weighted by atomic mass is 10.0. The highest BCUT2D eigenvalue weighted by atomic mass is 16.4. The fourth-order valence-corrected chi connectivity index (χ4v) is 3.33. The number of pyridine rings is 1. The molecule has 0 spiro atoms. The number of nitrogens with zero attached hydrogens (tertiary/aromatic N) is 2. The van der Waals surface area contributed by atoms with Crippen LogP contribution in [0.25, 0.3) is 10.9 Å². The number of hydrogen-bond donors (Lipinski definition) is 2. The van der Waals surface area contributed by atoms with Crippen molar-refractivity contribution in [2.24, 2.45) is 0 Å². The van der Waals surface area contributed by atoms with Crippen LogP contribution in [-0.4, -0.2) is 58.6 Å². The van der Waals surface area contributed by atoms with Gasteiger partial charge < -0.3 is 15.0 Å². The second-order valence-corrected chi connectivity index (χ2v) is 6.30. The highest BCUT2D eigenvalue weighted by molar-refractivity contribution is 6.01. The van der Waals surface area contributed by atoms with E-state index in [4.69, 9.17) is 0 Å². The van der Waals surface area contributed by atoms with Gasteiger partial charge in [0.2, 0.25) is 0 Å². The standard InChI is InChI=1S/C18H23N3O3/c1-3-20-7-9-21(10-8-20)11-15-12(2)19-16-13(17(15)22)5-4-6-14(16)18(23)24/h4-6H,3,7-11H2,1-2H3,(H,19,22)(H,23,24). The van der Waals surface area contributed by atoms with Crippen LogP contribution in [0.4, 0.5) is 0 Å². The molecular formula is C18H23N3O3. The molecular weight excluding hydrogens is 306 g/mol. The van der Waals surface area contributed by atoms with Crippen molar-refractivity contribution in [3.63, 3.8) is 0 Å². The largest absolute Gasteiger partial charge is 0.478 e. The fraction of sp³-hybridized carbons (Fsp3) is 0.444. The number of likely N-dealkylation sites (N-methyl/N-ethyl adjacent to an activating group) is 1. The van der Waals surface area contributed by atoms with E-state index >= 15 is 0 Å². The van der Waals surface area contributed by atoms with Gasteiger partial charge in [0.1, 0.15) is 0 Å². The predicted octanol–water partition coefficient (Wildman–Crippen LogP) is 1.67. The number of piperazine rings is 1. The van der Waals surface area contributed by atoms with Crippen molar-refractivity contribution in [2.75, 3.05) is 32.7 Å². The third-order valence-corrected chi connectivity index (χ3v) is 4.87. The summed E-state index contributed by atoms with van der Waals surface area (Å²) in [6.45, 7) is 9.59. The summed E-state index contributed by atoms with van der Waals surface area (Å²) < 4.78 is 0. The molecule has 0 unspecified atom stereocenters. The molecule has 0 amide bonds. The summed E-state index contributed by atoms with van der Waals surface area (Å²) in [6.07, 6.45) is 0. The van der Waals surface area contributed by atoms with Crippen LogP contribution in [0, 0.1) is 6.92 Å². The Kier molecular flexibility index (Phi) is 4.69. The van der Waals surface area contributed by atoms with Gasteiger partial charge in [-0.3, -0.25) is 9.69 Å². The first-order valence-electron chi connectivity index (χ1n) is 8.33. The van der Waals surface area contributed by atoms with Gasteiger partial charge in [-0.25, -0.2) is 4.79 Å². The van der Waals surface area contributed by atoms with Gasteiger partial charge in [0.05, 0.1) is 11.1 Å². The molecule has 2 N–H and O–H groups in total. The van der Waals surface area contributed by atoms with Crippen LogP contribution in [0.2, 0.25) is 0 Å². The Morgan fingerprint density at radius 2 is 1.88 bits per heavy atom. The third-order valence-electron chi connectivity index (χ3n) is 4.87. The molecule has 1 aliphatic rings. The lowest BCUT2D eigenvalue weighted by molar-refractivity contribution is 0.0699. The maximum absolute atomic E-state index is 12.9. The van der Waals surface area contributed by atoms with Crippen molar-refractivity contribution in [1.82, 2.24) is 14.8 Å². The zero-order valence-electron chi connectivity index (χ0n) is 14.1. The van der Waals surface area contributed by atoms with E-state index in [1.807, 2.05) is 6.92 Å². The van der Waals surface area contributed by atoms with Crippen LogP contribution in [0.5, 0.6) is 0 Å². The maximum atomic E-state index is 12.9. The first-order chi connectivity index (χ1) is 11.5.